The van der Waals surface area contributed by atoms with Crippen LogP contribution in [0.2, 0.25) is 0 Å². The summed E-state index contributed by atoms with van der Waals surface area (Å²) in [6.45, 7) is 2.90. The van der Waals surface area contributed by atoms with Gasteiger partial charge < -0.3 is 25.7 Å². The maximum absolute atomic E-state index is 12.2. The van der Waals surface area contributed by atoms with Crippen molar-refractivity contribution in [2.75, 3.05) is 13.2 Å². The first-order valence-corrected chi connectivity index (χ1v) is 6.81. The van der Waals surface area contributed by atoms with E-state index in [-0.39, 0.29) is 17.8 Å². The fraction of sp³-hybridized carbons (Fsp3) is 0.429. The Labute approximate surface area is 122 Å². The summed E-state index contributed by atoms with van der Waals surface area (Å²) < 4.78 is 10.9. The molecule has 1 atom stereocenters. The Hall–Kier alpha value is -2.44. The van der Waals surface area contributed by atoms with Gasteiger partial charge in [-0.25, -0.2) is 0 Å². The molecule has 4 N–H and O–H groups in total. The van der Waals surface area contributed by atoms with Crippen LogP contribution in [0.25, 0.3) is 0 Å². The molecular formula is C14H19N3O4. The number of ether oxygens (including phenoxy) is 2. The van der Waals surface area contributed by atoms with Gasteiger partial charge in [0.05, 0.1) is 0 Å². The zero-order valence-corrected chi connectivity index (χ0v) is 11.8. The predicted molar refractivity (Wildman–Crippen MR) is 77.0 cm³/mol. The normalized spacial score (nSPS) is 15.4. The van der Waals surface area contributed by atoms with E-state index in [2.05, 4.69) is 10.5 Å². The molecule has 2 rings (SSSR count). The third-order valence-electron chi connectivity index (χ3n) is 3.22. The summed E-state index contributed by atoms with van der Waals surface area (Å²) >= 11 is 0. The molecule has 0 saturated heterocycles. The van der Waals surface area contributed by atoms with E-state index in [0.717, 1.165) is 0 Å². The fourth-order valence-electron chi connectivity index (χ4n) is 2.04. The van der Waals surface area contributed by atoms with Crippen molar-refractivity contribution in [1.29, 1.82) is 0 Å². The Bertz CT molecular complexity index is 545. The molecule has 0 saturated carbocycles. The number of nitrogens with one attached hydrogen (secondary N) is 1. The van der Waals surface area contributed by atoms with Gasteiger partial charge in [-0.1, -0.05) is 12.1 Å². The Morgan fingerprint density at radius 3 is 2.81 bits per heavy atom. The molecule has 0 aromatic heterocycles. The number of hydrogen-bond donors (Lipinski definition) is 3. The van der Waals surface area contributed by atoms with Gasteiger partial charge in [-0.15, -0.1) is 0 Å². The third kappa shape index (κ3) is 3.77. The van der Waals surface area contributed by atoms with Crippen molar-refractivity contribution in [3.8, 4) is 11.5 Å². The quantitative estimate of drug-likeness (QED) is 0.326. The Morgan fingerprint density at radius 2 is 2.14 bits per heavy atom. The average molecular weight is 293 g/mol. The van der Waals surface area contributed by atoms with Crippen molar-refractivity contribution in [3.63, 3.8) is 0 Å². The molecule has 0 aliphatic carbocycles. The molecule has 21 heavy (non-hydrogen) atoms. The van der Waals surface area contributed by atoms with Gasteiger partial charge in [0.15, 0.2) is 11.5 Å². The maximum Gasteiger partial charge on any atom is 0.251 e. The third-order valence-corrected chi connectivity index (χ3v) is 3.22. The predicted octanol–water partition coefficient (Wildman–Crippen LogP) is 1.10. The molecule has 1 aromatic carbocycles. The van der Waals surface area contributed by atoms with Crippen molar-refractivity contribution in [3.05, 3.63) is 23.8 Å². The maximum atomic E-state index is 12.2. The van der Waals surface area contributed by atoms with Crippen LogP contribution in [0.5, 0.6) is 11.5 Å². The summed E-state index contributed by atoms with van der Waals surface area (Å²) in [5, 5.41) is 14.4. The Morgan fingerprint density at radius 1 is 1.43 bits per heavy atom. The lowest BCUT2D eigenvalue weighted by Gasteiger charge is -2.20. The van der Waals surface area contributed by atoms with Crippen LogP contribution in [0, 0.1) is 0 Å². The number of benzene rings is 1. The fourth-order valence-corrected chi connectivity index (χ4v) is 2.04. The van der Waals surface area contributed by atoms with Gasteiger partial charge in [0.2, 0.25) is 0 Å². The number of carbonyl (C=O) groups is 1. The van der Waals surface area contributed by atoms with Gasteiger partial charge in [-0.05, 0) is 24.6 Å². The summed E-state index contributed by atoms with van der Waals surface area (Å²) in [5.41, 5.74) is 5.95. The molecular weight excluding hydrogens is 274 g/mol. The minimum Gasteiger partial charge on any atom is -0.486 e. The van der Waals surface area contributed by atoms with Gasteiger partial charge in [-0.3, -0.25) is 4.79 Å². The molecule has 7 heteroatoms. The zero-order valence-electron chi connectivity index (χ0n) is 11.8. The van der Waals surface area contributed by atoms with Crippen LogP contribution in [0.1, 0.15) is 30.1 Å². The lowest BCUT2D eigenvalue weighted by Crippen LogP contribution is -2.37. The largest absolute Gasteiger partial charge is 0.486 e. The molecule has 0 bridgehead atoms. The van der Waals surface area contributed by atoms with Crippen LogP contribution in [0.3, 0.4) is 0 Å². The number of amides is 1. The monoisotopic (exact) mass is 293 g/mol. The molecule has 0 spiro atoms. The minimum atomic E-state index is -0.232. The van der Waals surface area contributed by atoms with E-state index in [0.29, 0.717) is 43.1 Å². The topological polar surface area (TPSA) is 106 Å². The standard InChI is InChI=1S/C14H19N3O4/c1-2-10(8-13(15)17-19)16-14(18)9-3-4-11-12(7-9)21-6-5-20-11/h3-4,7,10,19H,2,5-6,8H2,1H3,(H2,15,17)(H,16,18). The highest BCUT2D eigenvalue weighted by atomic mass is 16.6. The lowest BCUT2D eigenvalue weighted by molar-refractivity contribution is 0.0935. The van der Waals surface area contributed by atoms with Crippen molar-refractivity contribution < 1.29 is 19.5 Å². The van der Waals surface area contributed by atoms with Gasteiger partial charge in [-0.2, -0.15) is 0 Å². The van der Waals surface area contributed by atoms with Crippen molar-refractivity contribution in [1.82, 2.24) is 5.32 Å². The second kappa shape index (κ2) is 6.83. The van der Waals surface area contributed by atoms with Crippen molar-refractivity contribution >= 4 is 11.7 Å². The summed E-state index contributed by atoms with van der Waals surface area (Å²) in [5.74, 6) is 1.06. The highest BCUT2D eigenvalue weighted by Gasteiger charge is 2.17. The van der Waals surface area contributed by atoms with Crippen molar-refractivity contribution in [2.45, 2.75) is 25.8 Å². The first kappa shape index (κ1) is 15.0. The molecule has 1 aromatic rings. The second-order valence-electron chi connectivity index (χ2n) is 4.73. The second-order valence-corrected chi connectivity index (χ2v) is 4.73. The van der Waals surface area contributed by atoms with Gasteiger partial charge >= 0.3 is 0 Å². The number of oxime groups is 1. The van der Waals surface area contributed by atoms with E-state index in [4.69, 9.17) is 20.4 Å². The summed E-state index contributed by atoms with van der Waals surface area (Å²) in [6.07, 6.45) is 0.968. The lowest BCUT2D eigenvalue weighted by atomic mass is 10.1. The van der Waals surface area contributed by atoms with Crippen LogP contribution in [-0.2, 0) is 0 Å². The smallest absolute Gasteiger partial charge is 0.251 e. The van der Waals surface area contributed by atoms with E-state index in [1.807, 2.05) is 6.92 Å². The van der Waals surface area contributed by atoms with Crippen LogP contribution >= 0.6 is 0 Å². The number of carbonyl (C=O) groups excluding carboxylic acids is 1. The number of hydrogen-bond acceptors (Lipinski definition) is 5. The summed E-state index contributed by atoms with van der Waals surface area (Å²) in [6, 6.07) is 4.86. The summed E-state index contributed by atoms with van der Waals surface area (Å²) in [7, 11) is 0. The van der Waals surface area contributed by atoms with E-state index in [9.17, 15) is 4.79 Å². The zero-order chi connectivity index (χ0) is 15.2. The van der Waals surface area contributed by atoms with Gasteiger partial charge in [0.1, 0.15) is 19.0 Å². The Kier molecular flexibility index (Phi) is 4.86. The van der Waals surface area contributed by atoms with E-state index < -0.39 is 0 Å². The number of fused-ring (bicyclic) bond motifs is 1. The molecule has 0 radical (unpaired) electrons. The minimum absolute atomic E-state index is 0.0873. The van der Waals surface area contributed by atoms with Crippen LogP contribution in [0.15, 0.2) is 23.4 Å². The highest BCUT2D eigenvalue weighted by Crippen LogP contribution is 2.30. The molecule has 7 nitrogen and oxygen atoms in total. The number of nitrogens with two attached hydrogens (primary N) is 1. The van der Waals surface area contributed by atoms with E-state index >= 15 is 0 Å². The van der Waals surface area contributed by atoms with E-state index in [1.54, 1.807) is 18.2 Å². The highest BCUT2D eigenvalue weighted by molar-refractivity contribution is 5.95. The number of rotatable bonds is 5. The number of nitrogens with zero attached hydrogens (tertiary/aromatic N) is 1. The van der Waals surface area contributed by atoms with Gasteiger partial charge in [0, 0.05) is 18.0 Å². The SMILES string of the molecule is CCC(CC(N)=NO)NC(=O)c1ccc2c(c1)OCCO2. The van der Waals surface area contributed by atoms with Crippen LogP contribution < -0.4 is 20.5 Å². The molecule has 1 aliphatic rings. The average Bonchev–Trinajstić information content (AvgIpc) is 2.53. The number of amidine groups is 1. The summed E-state index contributed by atoms with van der Waals surface area (Å²) in [4.78, 5) is 12.2. The molecule has 1 heterocycles. The molecule has 1 unspecified atom stereocenters. The Balaban J connectivity index is 2.05. The molecule has 0 fully saturated rings. The molecule has 114 valence electrons. The van der Waals surface area contributed by atoms with Gasteiger partial charge in [0.25, 0.3) is 5.91 Å². The van der Waals surface area contributed by atoms with Crippen LogP contribution in [-0.4, -0.2) is 36.2 Å². The van der Waals surface area contributed by atoms with Crippen LogP contribution in [0.4, 0.5) is 0 Å². The molecule has 1 aliphatic heterocycles. The molecule has 1 amide bonds. The first-order chi connectivity index (χ1) is 10.1. The van der Waals surface area contributed by atoms with E-state index in [1.165, 1.54) is 0 Å². The van der Waals surface area contributed by atoms with Crippen molar-refractivity contribution in [2.24, 2.45) is 10.9 Å². The first-order valence-electron chi connectivity index (χ1n) is 6.81.